The van der Waals surface area contributed by atoms with Gasteiger partial charge in [0.05, 0.1) is 30.1 Å². The Morgan fingerprint density at radius 2 is 2.21 bits per heavy atom. The number of nitrogens with one attached hydrogen (secondary N) is 2. The van der Waals surface area contributed by atoms with Gasteiger partial charge in [0, 0.05) is 12.6 Å². The van der Waals surface area contributed by atoms with Crippen LogP contribution in [-0.2, 0) is 16.2 Å². The van der Waals surface area contributed by atoms with Crippen molar-refractivity contribution < 1.29 is 14.7 Å². The highest BCUT2D eigenvalue weighted by Gasteiger charge is 2.38. The number of hydrogen-bond acceptors (Lipinski definition) is 5. The van der Waals surface area contributed by atoms with Gasteiger partial charge in [-0.15, -0.1) is 0 Å². The molecule has 2 heterocycles. The molecule has 1 amide bonds. The second kappa shape index (κ2) is 6.72. The Hall–Kier alpha value is -2.22. The molecular formula is C17H22N4O3. The van der Waals surface area contributed by atoms with Crippen LogP contribution in [-0.4, -0.2) is 38.5 Å². The zero-order valence-electron chi connectivity index (χ0n) is 13.8. The van der Waals surface area contributed by atoms with E-state index >= 15 is 0 Å². The molecule has 7 nitrogen and oxygen atoms in total. The number of aromatic nitrogens is 2. The molecule has 3 N–H and O–H groups in total. The number of carbonyl (C=O) groups is 1. The number of aliphatic hydroxyl groups is 1. The standard InChI is InChI=1S/C17H22N4O3/c1-17(2,23)15-8-14(24-20-15)16(22)19-13-9-18-21(11-13)10-12-6-4-3-5-7-12/h3-7,9,11,14-15,20,23H,8,10H2,1-2H3,(H,19,22). The highest BCUT2D eigenvalue weighted by Crippen LogP contribution is 2.21. The van der Waals surface area contributed by atoms with E-state index in [9.17, 15) is 9.90 Å². The zero-order valence-corrected chi connectivity index (χ0v) is 13.8. The highest BCUT2D eigenvalue weighted by atomic mass is 16.7. The van der Waals surface area contributed by atoms with E-state index in [2.05, 4.69) is 15.9 Å². The van der Waals surface area contributed by atoms with Crippen molar-refractivity contribution in [1.82, 2.24) is 15.3 Å². The van der Waals surface area contributed by atoms with Gasteiger partial charge in [-0.1, -0.05) is 30.3 Å². The molecule has 2 atom stereocenters. The van der Waals surface area contributed by atoms with Gasteiger partial charge in [0.2, 0.25) is 0 Å². The number of nitrogens with zero attached hydrogens (tertiary/aromatic N) is 2. The molecule has 24 heavy (non-hydrogen) atoms. The first-order valence-electron chi connectivity index (χ1n) is 7.92. The average molecular weight is 330 g/mol. The Morgan fingerprint density at radius 3 is 2.88 bits per heavy atom. The normalized spacial score (nSPS) is 21.0. The molecule has 0 saturated carbocycles. The third kappa shape index (κ3) is 4.00. The third-order valence-corrected chi connectivity index (χ3v) is 4.04. The fourth-order valence-electron chi connectivity index (χ4n) is 2.58. The van der Waals surface area contributed by atoms with E-state index in [0.29, 0.717) is 18.7 Å². The van der Waals surface area contributed by atoms with Gasteiger partial charge in [-0.2, -0.15) is 10.6 Å². The van der Waals surface area contributed by atoms with E-state index in [0.717, 1.165) is 5.56 Å². The van der Waals surface area contributed by atoms with E-state index in [-0.39, 0.29) is 11.9 Å². The summed E-state index contributed by atoms with van der Waals surface area (Å²) in [5.74, 6) is -0.256. The predicted octanol–water partition coefficient (Wildman–Crippen LogP) is 1.30. The summed E-state index contributed by atoms with van der Waals surface area (Å²) in [6.45, 7) is 4.00. The number of hydrogen-bond donors (Lipinski definition) is 3. The Labute approximate surface area is 140 Å². The molecule has 1 aromatic heterocycles. The Balaban J connectivity index is 1.56. The maximum Gasteiger partial charge on any atom is 0.255 e. The summed E-state index contributed by atoms with van der Waals surface area (Å²) in [5, 5.41) is 17.0. The number of hydroxylamine groups is 1. The van der Waals surface area contributed by atoms with Crippen LogP contribution in [0.25, 0.3) is 0 Å². The van der Waals surface area contributed by atoms with Crippen molar-refractivity contribution in [3.05, 3.63) is 48.3 Å². The summed E-state index contributed by atoms with van der Waals surface area (Å²) in [6, 6.07) is 9.68. The van der Waals surface area contributed by atoms with Crippen LogP contribution in [0.2, 0.25) is 0 Å². The van der Waals surface area contributed by atoms with Crippen molar-refractivity contribution in [3.63, 3.8) is 0 Å². The van der Waals surface area contributed by atoms with Crippen molar-refractivity contribution >= 4 is 11.6 Å². The molecule has 0 spiro atoms. The van der Waals surface area contributed by atoms with Gasteiger partial charge in [0.15, 0.2) is 6.10 Å². The molecular weight excluding hydrogens is 308 g/mol. The van der Waals surface area contributed by atoms with Gasteiger partial charge in [0.1, 0.15) is 0 Å². The van der Waals surface area contributed by atoms with Crippen molar-refractivity contribution in [2.45, 2.75) is 44.6 Å². The second-order valence-electron chi connectivity index (χ2n) is 6.57. The molecule has 7 heteroatoms. The maximum atomic E-state index is 12.3. The van der Waals surface area contributed by atoms with E-state index in [4.69, 9.17) is 4.84 Å². The number of carbonyl (C=O) groups excluding carboxylic acids is 1. The fraction of sp³-hybridized carbons (Fsp3) is 0.412. The number of amides is 1. The van der Waals surface area contributed by atoms with Crippen molar-refractivity contribution in [2.24, 2.45) is 0 Å². The van der Waals surface area contributed by atoms with Crippen LogP contribution in [0.15, 0.2) is 42.7 Å². The molecule has 0 radical (unpaired) electrons. The fourth-order valence-corrected chi connectivity index (χ4v) is 2.58. The van der Waals surface area contributed by atoms with Gasteiger partial charge in [-0.3, -0.25) is 14.3 Å². The Morgan fingerprint density at radius 1 is 1.46 bits per heavy atom. The zero-order chi connectivity index (χ0) is 17.2. The summed E-state index contributed by atoms with van der Waals surface area (Å²) in [5.41, 5.74) is 3.52. The third-order valence-electron chi connectivity index (χ3n) is 4.04. The minimum atomic E-state index is -0.949. The van der Waals surface area contributed by atoms with E-state index in [1.807, 2.05) is 30.3 Å². The van der Waals surface area contributed by atoms with Gasteiger partial charge in [-0.25, -0.2) is 0 Å². The summed E-state index contributed by atoms with van der Waals surface area (Å²) in [4.78, 5) is 17.5. The second-order valence-corrected chi connectivity index (χ2v) is 6.57. The lowest BCUT2D eigenvalue weighted by atomic mass is 9.95. The summed E-state index contributed by atoms with van der Waals surface area (Å²) in [7, 11) is 0. The monoisotopic (exact) mass is 330 g/mol. The lowest BCUT2D eigenvalue weighted by Crippen LogP contribution is -2.42. The lowest BCUT2D eigenvalue weighted by Gasteiger charge is -2.23. The van der Waals surface area contributed by atoms with Gasteiger partial charge < -0.3 is 10.4 Å². The first-order valence-corrected chi connectivity index (χ1v) is 7.92. The van der Waals surface area contributed by atoms with E-state index < -0.39 is 11.7 Å². The topological polar surface area (TPSA) is 88.4 Å². The first-order chi connectivity index (χ1) is 11.4. The molecule has 128 valence electrons. The number of rotatable bonds is 5. The minimum Gasteiger partial charge on any atom is -0.389 e. The minimum absolute atomic E-state index is 0.256. The summed E-state index contributed by atoms with van der Waals surface area (Å²) in [6.07, 6.45) is 3.16. The number of benzene rings is 1. The molecule has 3 rings (SSSR count). The largest absolute Gasteiger partial charge is 0.389 e. The first kappa shape index (κ1) is 16.6. The van der Waals surface area contributed by atoms with Crippen molar-refractivity contribution in [2.75, 3.05) is 5.32 Å². The summed E-state index contributed by atoms with van der Waals surface area (Å²) >= 11 is 0. The van der Waals surface area contributed by atoms with Crippen molar-refractivity contribution in [3.8, 4) is 0 Å². The van der Waals surface area contributed by atoms with E-state index in [1.54, 1.807) is 30.9 Å². The molecule has 1 aromatic carbocycles. The quantitative estimate of drug-likeness (QED) is 0.769. The molecule has 0 bridgehead atoms. The average Bonchev–Trinajstić information content (AvgIpc) is 3.17. The van der Waals surface area contributed by atoms with Crippen LogP contribution < -0.4 is 10.8 Å². The van der Waals surface area contributed by atoms with Crippen LogP contribution >= 0.6 is 0 Å². The van der Waals surface area contributed by atoms with Gasteiger partial charge in [0.25, 0.3) is 5.91 Å². The van der Waals surface area contributed by atoms with Gasteiger partial charge in [-0.05, 0) is 19.4 Å². The van der Waals surface area contributed by atoms with Crippen LogP contribution in [0.1, 0.15) is 25.8 Å². The van der Waals surface area contributed by atoms with E-state index in [1.165, 1.54) is 0 Å². The molecule has 1 saturated heterocycles. The smallest absolute Gasteiger partial charge is 0.255 e. The van der Waals surface area contributed by atoms with Crippen LogP contribution in [0.3, 0.4) is 0 Å². The van der Waals surface area contributed by atoms with Crippen LogP contribution in [0.4, 0.5) is 5.69 Å². The molecule has 1 aliphatic heterocycles. The predicted molar refractivity (Wildman–Crippen MR) is 89.1 cm³/mol. The molecule has 1 aliphatic rings. The summed E-state index contributed by atoms with van der Waals surface area (Å²) < 4.78 is 1.76. The number of anilines is 1. The van der Waals surface area contributed by atoms with Gasteiger partial charge >= 0.3 is 0 Å². The Kier molecular flexibility index (Phi) is 4.66. The Bertz CT molecular complexity index is 693. The molecule has 2 unspecified atom stereocenters. The lowest BCUT2D eigenvalue weighted by molar-refractivity contribution is -0.127. The SMILES string of the molecule is CC(C)(O)C1CC(C(=O)Nc2cnn(Cc3ccccc3)c2)ON1. The molecule has 0 aliphatic carbocycles. The van der Waals surface area contributed by atoms with Crippen molar-refractivity contribution in [1.29, 1.82) is 0 Å². The van der Waals surface area contributed by atoms with Crippen LogP contribution in [0.5, 0.6) is 0 Å². The highest BCUT2D eigenvalue weighted by molar-refractivity contribution is 5.94. The molecule has 2 aromatic rings. The maximum absolute atomic E-state index is 12.3. The van der Waals surface area contributed by atoms with Crippen LogP contribution in [0, 0.1) is 0 Å². The molecule has 1 fully saturated rings.